The topological polar surface area (TPSA) is 50.1 Å². The van der Waals surface area contributed by atoms with Crippen molar-refractivity contribution in [1.29, 1.82) is 0 Å². The Morgan fingerprint density at radius 1 is 1.39 bits per heavy atom. The molecule has 0 spiro atoms. The summed E-state index contributed by atoms with van der Waals surface area (Å²) in [6, 6.07) is 5.22. The van der Waals surface area contributed by atoms with Crippen LogP contribution in [0.5, 0.6) is 5.75 Å². The minimum absolute atomic E-state index is 0.114. The maximum atomic E-state index is 9.32. The van der Waals surface area contributed by atoms with Gasteiger partial charge >= 0.3 is 0 Å². The molecule has 2 aromatic rings. The van der Waals surface area contributed by atoms with Crippen LogP contribution in [0.25, 0.3) is 0 Å². The molecule has 0 atom stereocenters. The second-order valence-corrected chi connectivity index (χ2v) is 4.71. The molecule has 0 radical (unpaired) electrons. The van der Waals surface area contributed by atoms with Crippen LogP contribution in [-0.4, -0.2) is 14.9 Å². The molecule has 96 valence electrons. The highest BCUT2D eigenvalue weighted by Gasteiger charge is 2.03. The van der Waals surface area contributed by atoms with E-state index < -0.39 is 0 Å². The third-order valence-corrected chi connectivity index (χ3v) is 3.07. The lowest BCUT2D eigenvalue weighted by molar-refractivity contribution is 0.475. The highest BCUT2D eigenvalue weighted by Crippen LogP contribution is 2.23. The number of rotatable bonds is 4. The van der Waals surface area contributed by atoms with Gasteiger partial charge in [-0.2, -0.15) is 5.10 Å². The van der Waals surface area contributed by atoms with Gasteiger partial charge < -0.3 is 10.4 Å². The molecule has 18 heavy (non-hydrogen) atoms. The molecule has 0 saturated carbocycles. The molecule has 0 saturated heterocycles. The number of aryl methyl sites for hydroxylation is 2. The van der Waals surface area contributed by atoms with Crippen molar-refractivity contribution in [2.24, 2.45) is 7.05 Å². The van der Waals surface area contributed by atoms with E-state index >= 15 is 0 Å². The van der Waals surface area contributed by atoms with Crippen LogP contribution in [0.2, 0.25) is 5.02 Å². The number of phenolic OH excluding ortho intramolecular Hbond substituents is 1. The second kappa shape index (κ2) is 5.42. The highest BCUT2D eigenvalue weighted by molar-refractivity contribution is 6.32. The monoisotopic (exact) mass is 265 g/mol. The molecular formula is C13H16ClN3O. The van der Waals surface area contributed by atoms with E-state index in [-0.39, 0.29) is 5.75 Å². The molecule has 2 N–H and O–H groups in total. The zero-order chi connectivity index (χ0) is 13.1. The Bertz CT molecular complexity index is 551. The summed E-state index contributed by atoms with van der Waals surface area (Å²) in [7, 11) is 1.91. The summed E-state index contributed by atoms with van der Waals surface area (Å²) in [4.78, 5) is 0. The maximum Gasteiger partial charge on any atom is 0.134 e. The van der Waals surface area contributed by atoms with Crippen LogP contribution in [0.3, 0.4) is 0 Å². The third kappa shape index (κ3) is 3.03. The number of nitrogens with zero attached hydrogens (tertiary/aromatic N) is 2. The molecule has 0 unspecified atom stereocenters. The number of phenols is 1. The molecule has 1 aromatic heterocycles. The van der Waals surface area contributed by atoms with E-state index in [1.165, 1.54) is 5.56 Å². The van der Waals surface area contributed by atoms with E-state index in [1.54, 1.807) is 12.1 Å². The Kier molecular flexibility index (Phi) is 3.89. The Labute approximate surface area is 111 Å². The first-order valence-electron chi connectivity index (χ1n) is 5.73. The minimum atomic E-state index is 0.114. The van der Waals surface area contributed by atoms with Crippen LogP contribution in [-0.2, 0) is 20.1 Å². The van der Waals surface area contributed by atoms with Crippen LogP contribution in [0.15, 0.2) is 24.4 Å². The van der Waals surface area contributed by atoms with Gasteiger partial charge in [-0.3, -0.25) is 4.68 Å². The van der Waals surface area contributed by atoms with Crippen LogP contribution < -0.4 is 5.32 Å². The van der Waals surface area contributed by atoms with Crippen molar-refractivity contribution in [2.45, 2.75) is 20.0 Å². The molecule has 5 heteroatoms. The van der Waals surface area contributed by atoms with Crippen molar-refractivity contribution in [1.82, 2.24) is 15.1 Å². The maximum absolute atomic E-state index is 9.32. The number of aromatic nitrogens is 2. The van der Waals surface area contributed by atoms with E-state index in [9.17, 15) is 5.11 Å². The molecule has 1 aromatic carbocycles. The fourth-order valence-electron chi connectivity index (χ4n) is 1.82. The summed E-state index contributed by atoms with van der Waals surface area (Å²) >= 11 is 5.85. The van der Waals surface area contributed by atoms with Gasteiger partial charge in [0.15, 0.2) is 0 Å². The Morgan fingerprint density at radius 3 is 2.78 bits per heavy atom. The van der Waals surface area contributed by atoms with Gasteiger partial charge in [0.25, 0.3) is 0 Å². The van der Waals surface area contributed by atoms with Crippen LogP contribution >= 0.6 is 11.6 Å². The summed E-state index contributed by atoms with van der Waals surface area (Å²) in [5, 5.41) is 17.3. The van der Waals surface area contributed by atoms with Crippen molar-refractivity contribution in [3.05, 3.63) is 46.2 Å². The molecule has 0 aliphatic heterocycles. The van der Waals surface area contributed by atoms with E-state index in [2.05, 4.69) is 10.4 Å². The van der Waals surface area contributed by atoms with Crippen LogP contribution in [0, 0.1) is 6.92 Å². The van der Waals surface area contributed by atoms with Crippen molar-refractivity contribution in [2.75, 3.05) is 0 Å². The molecule has 0 bridgehead atoms. The smallest absolute Gasteiger partial charge is 0.134 e. The lowest BCUT2D eigenvalue weighted by atomic mass is 10.2. The summed E-state index contributed by atoms with van der Waals surface area (Å²) < 4.78 is 1.81. The molecule has 1 heterocycles. The van der Waals surface area contributed by atoms with Crippen molar-refractivity contribution >= 4 is 11.6 Å². The average Bonchev–Trinajstić information content (AvgIpc) is 2.63. The predicted molar refractivity (Wildman–Crippen MR) is 71.6 cm³/mol. The predicted octanol–water partition coefficient (Wildman–Crippen LogP) is 2.38. The van der Waals surface area contributed by atoms with Gasteiger partial charge in [-0.1, -0.05) is 17.7 Å². The molecule has 0 amide bonds. The Morgan fingerprint density at radius 2 is 2.17 bits per heavy atom. The zero-order valence-corrected chi connectivity index (χ0v) is 11.2. The number of hydrogen-bond donors (Lipinski definition) is 2. The Balaban J connectivity index is 1.92. The molecule has 2 rings (SSSR count). The van der Waals surface area contributed by atoms with Crippen molar-refractivity contribution in [3.63, 3.8) is 0 Å². The van der Waals surface area contributed by atoms with E-state index in [1.807, 2.05) is 30.9 Å². The largest absolute Gasteiger partial charge is 0.506 e. The van der Waals surface area contributed by atoms with Crippen LogP contribution in [0.1, 0.15) is 16.8 Å². The fourth-order valence-corrected chi connectivity index (χ4v) is 2.03. The molecule has 0 aliphatic carbocycles. The number of halogens is 1. The Hall–Kier alpha value is -1.52. The molecule has 4 nitrogen and oxygen atoms in total. The standard InChI is InChI=1S/C13H16ClN3O/c1-9-11(8-17(2)16-9)7-15-6-10-3-4-13(18)12(14)5-10/h3-5,8,15,18H,6-7H2,1-2H3. The van der Waals surface area contributed by atoms with Gasteiger partial charge in [0.05, 0.1) is 10.7 Å². The van der Waals surface area contributed by atoms with E-state index in [4.69, 9.17) is 11.6 Å². The van der Waals surface area contributed by atoms with E-state index in [0.717, 1.165) is 17.8 Å². The SMILES string of the molecule is Cc1nn(C)cc1CNCc1ccc(O)c(Cl)c1. The van der Waals surface area contributed by atoms with Gasteiger partial charge in [-0.05, 0) is 24.6 Å². The summed E-state index contributed by atoms with van der Waals surface area (Å²) in [5.41, 5.74) is 3.26. The van der Waals surface area contributed by atoms with Gasteiger partial charge in [-0.15, -0.1) is 0 Å². The fraction of sp³-hybridized carbons (Fsp3) is 0.308. The molecular weight excluding hydrogens is 250 g/mol. The second-order valence-electron chi connectivity index (χ2n) is 4.30. The van der Waals surface area contributed by atoms with Gasteiger partial charge in [0.1, 0.15) is 5.75 Å². The van der Waals surface area contributed by atoms with Gasteiger partial charge in [0, 0.05) is 31.9 Å². The highest BCUT2D eigenvalue weighted by atomic mass is 35.5. The number of hydrogen-bond acceptors (Lipinski definition) is 3. The van der Waals surface area contributed by atoms with E-state index in [0.29, 0.717) is 11.6 Å². The number of benzene rings is 1. The number of nitrogens with one attached hydrogen (secondary N) is 1. The first kappa shape index (κ1) is 12.9. The lowest BCUT2D eigenvalue weighted by Crippen LogP contribution is -2.12. The molecule has 0 aliphatic rings. The van der Waals surface area contributed by atoms with Gasteiger partial charge in [-0.25, -0.2) is 0 Å². The quantitative estimate of drug-likeness (QED) is 0.892. The first-order chi connectivity index (χ1) is 8.56. The van der Waals surface area contributed by atoms with Gasteiger partial charge in [0.2, 0.25) is 0 Å². The van der Waals surface area contributed by atoms with Crippen LogP contribution in [0.4, 0.5) is 0 Å². The summed E-state index contributed by atoms with van der Waals surface area (Å²) in [6.07, 6.45) is 2.01. The number of aromatic hydroxyl groups is 1. The average molecular weight is 266 g/mol. The summed E-state index contributed by atoms with van der Waals surface area (Å²) in [5.74, 6) is 0.114. The first-order valence-corrected chi connectivity index (χ1v) is 6.11. The molecule has 0 fully saturated rings. The third-order valence-electron chi connectivity index (χ3n) is 2.77. The van der Waals surface area contributed by atoms with Crippen molar-refractivity contribution in [3.8, 4) is 5.75 Å². The summed E-state index contributed by atoms with van der Waals surface area (Å²) in [6.45, 7) is 3.46. The normalized spacial score (nSPS) is 10.8. The zero-order valence-electron chi connectivity index (χ0n) is 10.4. The minimum Gasteiger partial charge on any atom is -0.506 e. The lowest BCUT2D eigenvalue weighted by Gasteiger charge is -2.05. The van der Waals surface area contributed by atoms with Crippen molar-refractivity contribution < 1.29 is 5.11 Å².